The number of nitrogens with one attached hydrogen (secondary N) is 1. The Labute approximate surface area is 160 Å². The van der Waals surface area contributed by atoms with Crippen molar-refractivity contribution in [1.82, 2.24) is 15.3 Å². The summed E-state index contributed by atoms with van der Waals surface area (Å²) in [7, 11) is 0. The molecule has 1 aliphatic heterocycles. The van der Waals surface area contributed by atoms with Crippen LogP contribution in [0, 0.1) is 5.92 Å². The van der Waals surface area contributed by atoms with Gasteiger partial charge in [-0.2, -0.15) is 0 Å². The zero-order valence-corrected chi connectivity index (χ0v) is 16.7. The highest BCUT2D eigenvalue weighted by atomic mass is 32.1. The van der Waals surface area contributed by atoms with E-state index >= 15 is 0 Å². The molecule has 3 heterocycles. The molecule has 2 aromatic heterocycles. The number of piperazine rings is 1. The van der Waals surface area contributed by atoms with Crippen LogP contribution in [0.1, 0.15) is 67.6 Å². The number of aryl methyl sites for hydroxylation is 1. The summed E-state index contributed by atoms with van der Waals surface area (Å²) in [6, 6.07) is 0. The molecule has 2 fully saturated rings. The molecule has 2 aliphatic carbocycles. The molecule has 0 amide bonds. The van der Waals surface area contributed by atoms with E-state index in [1.165, 1.54) is 67.4 Å². The summed E-state index contributed by atoms with van der Waals surface area (Å²) < 4.78 is 0. The van der Waals surface area contributed by atoms with Crippen LogP contribution in [0.25, 0.3) is 10.2 Å². The molecule has 0 aromatic carbocycles. The Bertz CT molecular complexity index is 787. The number of thiophene rings is 1. The van der Waals surface area contributed by atoms with Gasteiger partial charge in [-0.15, -0.1) is 11.3 Å². The first-order chi connectivity index (χ1) is 12.8. The Morgan fingerprint density at radius 1 is 1.04 bits per heavy atom. The molecule has 140 valence electrons. The number of rotatable bonds is 2. The molecule has 1 saturated heterocycles. The van der Waals surface area contributed by atoms with E-state index in [2.05, 4.69) is 17.1 Å². The maximum atomic E-state index is 5.24. The zero-order valence-electron chi connectivity index (χ0n) is 15.9. The van der Waals surface area contributed by atoms with E-state index in [-0.39, 0.29) is 0 Å². The standard InChI is InChI=1S/C21H30N4S/c1-14-7-8-16-17(13-14)26-21-18(16)20(25-11-9-22-10-12-25)23-19(24-21)15-5-3-2-4-6-15/h14-15,22H,2-13H2,1H3. The van der Waals surface area contributed by atoms with Crippen LogP contribution in [0.5, 0.6) is 0 Å². The smallest absolute Gasteiger partial charge is 0.141 e. The molecule has 4 nitrogen and oxygen atoms in total. The summed E-state index contributed by atoms with van der Waals surface area (Å²) in [5.41, 5.74) is 1.58. The lowest BCUT2D eigenvalue weighted by Gasteiger charge is -2.30. The monoisotopic (exact) mass is 370 g/mol. The summed E-state index contributed by atoms with van der Waals surface area (Å²) in [5.74, 6) is 3.78. The van der Waals surface area contributed by atoms with Crippen LogP contribution >= 0.6 is 11.3 Å². The Kier molecular flexibility index (Phi) is 4.61. The first-order valence-electron chi connectivity index (χ1n) is 10.6. The van der Waals surface area contributed by atoms with E-state index in [4.69, 9.17) is 9.97 Å². The molecule has 0 bridgehead atoms. The molecule has 26 heavy (non-hydrogen) atoms. The molecular formula is C21H30N4S. The molecule has 1 N–H and O–H groups in total. The fraction of sp³-hybridized carbons (Fsp3) is 0.714. The molecule has 3 aliphatic rings. The van der Waals surface area contributed by atoms with Gasteiger partial charge in [0.05, 0.1) is 5.39 Å². The van der Waals surface area contributed by atoms with Gasteiger partial charge in [0.15, 0.2) is 0 Å². The lowest BCUT2D eigenvalue weighted by Crippen LogP contribution is -2.44. The van der Waals surface area contributed by atoms with Crippen LogP contribution in [0.4, 0.5) is 5.82 Å². The van der Waals surface area contributed by atoms with Gasteiger partial charge in [0.1, 0.15) is 16.5 Å². The Balaban J connectivity index is 1.64. The summed E-state index contributed by atoms with van der Waals surface area (Å²) >= 11 is 1.97. The number of nitrogens with zero attached hydrogens (tertiary/aromatic N) is 3. The largest absolute Gasteiger partial charge is 0.353 e. The Hall–Kier alpha value is -1.20. The van der Waals surface area contributed by atoms with E-state index in [9.17, 15) is 0 Å². The second-order valence-corrected chi connectivity index (χ2v) is 9.59. The predicted octanol–water partition coefficient (Wildman–Crippen LogP) is 4.27. The van der Waals surface area contributed by atoms with Gasteiger partial charge >= 0.3 is 0 Å². The minimum Gasteiger partial charge on any atom is -0.353 e. The summed E-state index contributed by atoms with van der Waals surface area (Å²) in [5, 5.41) is 4.89. The summed E-state index contributed by atoms with van der Waals surface area (Å²) in [6.07, 6.45) is 10.4. The second kappa shape index (κ2) is 7.08. The van der Waals surface area contributed by atoms with Gasteiger partial charge < -0.3 is 10.2 Å². The van der Waals surface area contributed by atoms with Gasteiger partial charge in [-0.3, -0.25) is 0 Å². The van der Waals surface area contributed by atoms with E-state index in [0.717, 1.165) is 37.9 Å². The van der Waals surface area contributed by atoms with Gasteiger partial charge in [-0.25, -0.2) is 9.97 Å². The Morgan fingerprint density at radius 3 is 2.65 bits per heavy atom. The maximum absolute atomic E-state index is 5.24. The summed E-state index contributed by atoms with van der Waals surface area (Å²) in [6.45, 7) is 6.65. The topological polar surface area (TPSA) is 41.1 Å². The van der Waals surface area contributed by atoms with Gasteiger partial charge in [-0.1, -0.05) is 26.2 Å². The maximum Gasteiger partial charge on any atom is 0.141 e. The van der Waals surface area contributed by atoms with Gasteiger partial charge in [0.2, 0.25) is 0 Å². The third-order valence-corrected chi connectivity index (χ3v) is 7.69. The van der Waals surface area contributed by atoms with Crippen LogP contribution in [0.3, 0.4) is 0 Å². The van der Waals surface area contributed by atoms with E-state index < -0.39 is 0 Å². The average molecular weight is 371 g/mol. The van der Waals surface area contributed by atoms with Gasteiger partial charge in [0, 0.05) is 37.0 Å². The molecule has 1 atom stereocenters. The van der Waals surface area contributed by atoms with Crippen molar-refractivity contribution in [3.8, 4) is 0 Å². The number of anilines is 1. The average Bonchev–Trinajstić information content (AvgIpc) is 3.06. The van der Waals surface area contributed by atoms with Crippen molar-refractivity contribution in [3.63, 3.8) is 0 Å². The van der Waals surface area contributed by atoms with Crippen LogP contribution in [0.15, 0.2) is 0 Å². The van der Waals surface area contributed by atoms with Crippen molar-refractivity contribution in [3.05, 3.63) is 16.3 Å². The molecule has 5 heteroatoms. The van der Waals surface area contributed by atoms with Crippen molar-refractivity contribution in [1.29, 1.82) is 0 Å². The highest BCUT2D eigenvalue weighted by Gasteiger charge is 2.28. The lowest BCUT2D eigenvalue weighted by atomic mass is 9.88. The van der Waals surface area contributed by atoms with E-state index in [1.807, 2.05) is 11.3 Å². The summed E-state index contributed by atoms with van der Waals surface area (Å²) in [4.78, 5) is 15.8. The van der Waals surface area contributed by atoms with Gasteiger partial charge in [0.25, 0.3) is 0 Å². The third-order valence-electron chi connectivity index (χ3n) is 6.54. The van der Waals surface area contributed by atoms with Crippen LogP contribution < -0.4 is 10.2 Å². The normalized spacial score (nSPS) is 24.8. The van der Waals surface area contributed by atoms with Crippen LogP contribution in [-0.4, -0.2) is 36.1 Å². The molecule has 0 radical (unpaired) electrons. The molecule has 1 unspecified atom stereocenters. The zero-order chi connectivity index (χ0) is 17.5. The highest BCUT2D eigenvalue weighted by Crippen LogP contribution is 2.42. The molecular weight excluding hydrogens is 340 g/mol. The minimum atomic E-state index is 0.577. The second-order valence-electron chi connectivity index (χ2n) is 8.51. The number of hydrogen-bond donors (Lipinski definition) is 1. The quantitative estimate of drug-likeness (QED) is 0.857. The molecule has 2 aromatic rings. The van der Waals surface area contributed by atoms with E-state index in [0.29, 0.717) is 5.92 Å². The predicted molar refractivity (Wildman–Crippen MR) is 110 cm³/mol. The molecule has 0 spiro atoms. The minimum absolute atomic E-state index is 0.577. The van der Waals surface area contributed by atoms with Gasteiger partial charge in [-0.05, 0) is 43.6 Å². The molecule has 5 rings (SSSR count). The first-order valence-corrected chi connectivity index (χ1v) is 11.4. The first kappa shape index (κ1) is 16.9. The fourth-order valence-corrected chi connectivity index (χ4v) is 6.37. The van der Waals surface area contributed by atoms with Crippen molar-refractivity contribution in [2.45, 2.75) is 64.2 Å². The van der Waals surface area contributed by atoms with Crippen molar-refractivity contribution in [2.75, 3.05) is 31.1 Å². The third kappa shape index (κ3) is 3.03. The number of aromatic nitrogens is 2. The van der Waals surface area contributed by atoms with Crippen molar-refractivity contribution < 1.29 is 0 Å². The van der Waals surface area contributed by atoms with Crippen molar-refractivity contribution >= 4 is 27.4 Å². The molecule has 1 saturated carbocycles. The Morgan fingerprint density at radius 2 is 1.85 bits per heavy atom. The van der Waals surface area contributed by atoms with Crippen molar-refractivity contribution in [2.24, 2.45) is 5.92 Å². The number of fused-ring (bicyclic) bond motifs is 3. The highest BCUT2D eigenvalue weighted by molar-refractivity contribution is 7.19. The van der Waals surface area contributed by atoms with E-state index in [1.54, 1.807) is 10.4 Å². The SMILES string of the molecule is CC1CCc2c(sc3nc(C4CCCCC4)nc(N4CCNCC4)c23)C1. The van der Waals surface area contributed by atoms with Crippen LogP contribution in [-0.2, 0) is 12.8 Å². The van der Waals surface area contributed by atoms with Crippen LogP contribution in [0.2, 0.25) is 0 Å². The fourth-order valence-electron chi connectivity index (χ4n) is 4.99. The lowest BCUT2D eigenvalue weighted by molar-refractivity contribution is 0.429. The number of hydrogen-bond acceptors (Lipinski definition) is 5.